The fourth-order valence-corrected chi connectivity index (χ4v) is 5.01. The van der Waals surface area contributed by atoms with Gasteiger partial charge in [-0.2, -0.15) is 0 Å². The van der Waals surface area contributed by atoms with Gasteiger partial charge in [-0.3, -0.25) is 9.59 Å². The molecular formula is C24H33N3O2. The van der Waals surface area contributed by atoms with Gasteiger partial charge >= 0.3 is 0 Å². The fraction of sp³-hybridized carbons (Fsp3) is 0.583. The van der Waals surface area contributed by atoms with E-state index in [0.29, 0.717) is 12.1 Å². The minimum Gasteiger partial charge on any atom is -0.352 e. The van der Waals surface area contributed by atoms with Crippen molar-refractivity contribution >= 4 is 17.5 Å². The largest absolute Gasteiger partial charge is 0.352 e. The zero-order valence-corrected chi connectivity index (χ0v) is 17.6. The van der Waals surface area contributed by atoms with Crippen LogP contribution in [0.5, 0.6) is 0 Å². The monoisotopic (exact) mass is 395 g/mol. The molecule has 1 aromatic rings. The standard InChI is InChI=1S/C24H33N3O2/c1-2-26-21-17-19(23(28)25-15-14-18-9-5-3-6-10-18)12-13-20(21)24(29)27-16-8-4-7-11-22(26)27/h9,12-13,17,22H,2-8,10-11,14-16H2,1H3,(H,25,28). The first-order valence-electron chi connectivity index (χ1n) is 11.4. The van der Waals surface area contributed by atoms with Gasteiger partial charge in [-0.25, -0.2) is 0 Å². The third-order valence-electron chi connectivity index (χ3n) is 6.60. The van der Waals surface area contributed by atoms with E-state index in [2.05, 4.69) is 23.2 Å². The molecule has 1 aliphatic carbocycles. The van der Waals surface area contributed by atoms with Crippen molar-refractivity contribution in [2.24, 2.45) is 0 Å². The van der Waals surface area contributed by atoms with E-state index < -0.39 is 0 Å². The molecule has 1 aromatic carbocycles. The Morgan fingerprint density at radius 1 is 1.17 bits per heavy atom. The topological polar surface area (TPSA) is 52.7 Å². The van der Waals surface area contributed by atoms with Gasteiger partial charge in [0.1, 0.15) is 6.17 Å². The average molecular weight is 396 g/mol. The van der Waals surface area contributed by atoms with E-state index in [1.807, 2.05) is 17.0 Å². The van der Waals surface area contributed by atoms with E-state index in [-0.39, 0.29) is 18.0 Å². The summed E-state index contributed by atoms with van der Waals surface area (Å²) in [5, 5.41) is 3.07. The van der Waals surface area contributed by atoms with Crippen molar-refractivity contribution < 1.29 is 9.59 Å². The van der Waals surface area contributed by atoms with Crippen LogP contribution in [0.4, 0.5) is 5.69 Å². The van der Waals surface area contributed by atoms with Crippen molar-refractivity contribution in [1.29, 1.82) is 0 Å². The number of carbonyl (C=O) groups is 2. The van der Waals surface area contributed by atoms with Crippen molar-refractivity contribution in [2.75, 3.05) is 24.5 Å². The van der Waals surface area contributed by atoms with Crippen LogP contribution in [0, 0.1) is 0 Å². The fourth-order valence-electron chi connectivity index (χ4n) is 5.01. The van der Waals surface area contributed by atoms with Gasteiger partial charge in [0.15, 0.2) is 0 Å². The summed E-state index contributed by atoms with van der Waals surface area (Å²) in [6.07, 6.45) is 12.7. The zero-order valence-electron chi connectivity index (χ0n) is 17.6. The maximum atomic E-state index is 13.1. The zero-order chi connectivity index (χ0) is 20.2. The molecule has 0 bridgehead atoms. The normalized spacial score (nSPS) is 21.8. The first-order chi connectivity index (χ1) is 14.2. The molecule has 0 radical (unpaired) electrons. The highest BCUT2D eigenvalue weighted by Crippen LogP contribution is 2.35. The maximum absolute atomic E-state index is 13.1. The number of hydrogen-bond acceptors (Lipinski definition) is 3. The number of hydrogen-bond donors (Lipinski definition) is 1. The van der Waals surface area contributed by atoms with Gasteiger partial charge in [0.25, 0.3) is 11.8 Å². The van der Waals surface area contributed by atoms with Crippen molar-refractivity contribution in [3.63, 3.8) is 0 Å². The predicted molar refractivity (Wildman–Crippen MR) is 116 cm³/mol. The Labute approximate surface area is 174 Å². The van der Waals surface area contributed by atoms with Crippen LogP contribution in [0.1, 0.15) is 85.4 Å². The summed E-state index contributed by atoms with van der Waals surface area (Å²) >= 11 is 0. The van der Waals surface area contributed by atoms with E-state index >= 15 is 0 Å². The van der Waals surface area contributed by atoms with Crippen LogP contribution < -0.4 is 10.2 Å². The summed E-state index contributed by atoms with van der Waals surface area (Å²) in [5.41, 5.74) is 3.77. The van der Waals surface area contributed by atoms with Crippen molar-refractivity contribution in [1.82, 2.24) is 10.2 Å². The Morgan fingerprint density at radius 2 is 2.07 bits per heavy atom. The number of amides is 2. The highest BCUT2D eigenvalue weighted by Gasteiger charge is 2.37. The lowest BCUT2D eigenvalue weighted by Crippen LogP contribution is -2.55. The first kappa shape index (κ1) is 20.0. The molecule has 2 amide bonds. The van der Waals surface area contributed by atoms with Crippen molar-refractivity contribution in [3.05, 3.63) is 41.0 Å². The van der Waals surface area contributed by atoms with Crippen molar-refractivity contribution in [2.45, 2.75) is 70.9 Å². The van der Waals surface area contributed by atoms with Gasteiger partial charge in [0.05, 0.1) is 11.3 Å². The molecule has 1 unspecified atom stereocenters. The van der Waals surface area contributed by atoms with E-state index in [0.717, 1.165) is 50.0 Å². The minimum atomic E-state index is -0.0454. The molecule has 4 rings (SSSR count). The number of nitrogens with zero attached hydrogens (tertiary/aromatic N) is 2. The Balaban J connectivity index is 1.49. The summed E-state index contributed by atoms with van der Waals surface area (Å²) in [6.45, 7) is 4.47. The van der Waals surface area contributed by atoms with Gasteiger partial charge in [0, 0.05) is 25.2 Å². The Morgan fingerprint density at radius 3 is 2.86 bits per heavy atom. The molecule has 3 aliphatic rings. The smallest absolute Gasteiger partial charge is 0.257 e. The molecule has 0 aromatic heterocycles. The summed E-state index contributed by atoms with van der Waals surface area (Å²) in [5.74, 6) is 0.0730. The second-order valence-corrected chi connectivity index (χ2v) is 8.46. The average Bonchev–Trinajstić information content (AvgIpc) is 3.01. The second kappa shape index (κ2) is 9.02. The lowest BCUT2D eigenvalue weighted by molar-refractivity contribution is 0.0656. The third kappa shape index (κ3) is 4.19. The second-order valence-electron chi connectivity index (χ2n) is 8.46. The quantitative estimate of drug-likeness (QED) is 0.748. The number of carbonyl (C=O) groups excluding carboxylic acids is 2. The van der Waals surface area contributed by atoms with Crippen LogP contribution in [0.3, 0.4) is 0 Å². The Bertz CT molecular complexity index is 801. The van der Waals surface area contributed by atoms with Crippen LogP contribution in [-0.4, -0.2) is 42.5 Å². The predicted octanol–water partition coefficient (Wildman–Crippen LogP) is 4.49. The summed E-state index contributed by atoms with van der Waals surface area (Å²) in [6, 6.07) is 5.58. The third-order valence-corrected chi connectivity index (χ3v) is 6.60. The molecule has 1 saturated heterocycles. The molecule has 0 saturated carbocycles. The Kier molecular flexibility index (Phi) is 6.22. The molecule has 0 spiro atoms. The molecule has 1 N–H and O–H groups in total. The maximum Gasteiger partial charge on any atom is 0.257 e. The highest BCUT2D eigenvalue weighted by molar-refractivity contribution is 6.04. The van der Waals surface area contributed by atoms with Gasteiger partial charge < -0.3 is 15.1 Å². The van der Waals surface area contributed by atoms with Crippen LogP contribution >= 0.6 is 0 Å². The number of anilines is 1. The lowest BCUT2D eigenvalue weighted by Gasteiger charge is -2.44. The van der Waals surface area contributed by atoms with E-state index in [1.54, 1.807) is 6.07 Å². The number of allylic oxidation sites excluding steroid dienone is 1. The molecule has 1 atom stereocenters. The molecule has 5 nitrogen and oxygen atoms in total. The molecule has 1 fully saturated rings. The van der Waals surface area contributed by atoms with E-state index in [4.69, 9.17) is 0 Å². The number of rotatable bonds is 5. The molecular weight excluding hydrogens is 362 g/mol. The Hall–Kier alpha value is -2.30. The summed E-state index contributed by atoms with van der Waals surface area (Å²) in [7, 11) is 0. The molecule has 156 valence electrons. The van der Waals surface area contributed by atoms with Gasteiger partial charge in [-0.05, 0) is 76.5 Å². The minimum absolute atomic E-state index is 0.0454. The SMILES string of the molecule is CCN1c2cc(C(=O)NCCC3=CCCCC3)ccc2C(=O)N2CCCCCC21. The van der Waals surface area contributed by atoms with Crippen LogP contribution in [0.15, 0.2) is 29.8 Å². The highest BCUT2D eigenvalue weighted by atomic mass is 16.2. The summed E-state index contributed by atoms with van der Waals surface area (Å²) in [4.78, 5) is 30.2. The number of benzene rings is 1. The van der Waals surface area contributed by atoms with Crippen LogP contribution in [0.2, 0.25) is 0 Å². The van der Waals surface area contributed by atoms with Crippen LogP contribution in [0.25, 0.3) is 0 Å². The molecule has 2 aliphatic heterocycles. The van der Waals surface area contributed by atoms with Gasteiger partial charge in [0.2, 0.25) is 0 Å². The van der Waals surface area contributed by atoms with Crippen molar-refractivity contribution in [3.8, 4) is 0 Å². The summed E-state index contributed by atoms with van der Waals surface area (Å²) < 4.78 is 0. The van der Waals surface area contributed by atoms with E-state index in [1.165, 1.54) is 37.7 Å². The molecule has 5 heteroatoms. The molecule has 29 heavy (non-hydrogen) atoms. The lowest BCUT2D eigenvalue weighted by atomic mass is 9.97. The first-order valence-corrected chi connectivity index (χ1v) is 11.4. The van der Waals surface area contributed by atoms with Crippen LogP contribution in [-0.2, 0) is 0 Å². The van der Waals surface area contributed by atoms with Gasteiger partial charge in [-0.15, -0.1) is 0 Å². The van der Waals surface area contributed by atoms with E-state index in [9.17, 15) is 9.59 Å². The van der Waals surface area contributed by atoms with Gasteiger partial charge in [-0.1, -0.05) is 18.1 Å². The molecule has 2 heterocycles. The number of fused-ring (bicyclic) bond motifs is 2. The number of nitrogens with one attached hydrogen (secondary N) is 1.